The third kappa shape index (κ3) is 3.72. The number of benzene rings is 2. The van der Waals surface area contributed by atoms with Crippen LogP contribution in [0.25, 0.3) is 28.6 Å². The van der Waals surface area contributed by atoms with Gasteiger partial charge < -0.3 is 14.2 Å². The number of para-hydroxylation sites is 1. The van der Waals surface area contributed by atoms with Crippen molar-refractivity contribution in [2.24, 2.45) is 0 Å². The van der Waals surface area contributed by atoms with E-state index in [9.17, 15) is 4.79 Å². The molecule has 5 aromatic rings. The molecule has 0 saturated carbocycles. The molecule has 32 heavy (non-hydrogen) atoms. The molecule has 5 rings (SSSR count). The number of aromatic nitrogens is 3. The number of carbonyl (C=O) groups is 1. The number of nitrogens with one attached hydrogen (secondary N) is 1. The lowest BCUT2D eigenvalue weighted by Gasteiger charge is -2.09. The van der Waals surface area contributed by atoms with Gasteiger partial charge >= 0.3 is 0 Å². The fourth-order valence-electron chi connectivity index (χ4n) is 3.37. The van der Waals surface area contributed by atoms with Gasteiger partial charge in [0.05, 0.1) is 17.6 Å². The van der Waals surface area contributed by atoms with Crippen molar-refractivity contribution in [3.8, 4) is 28.6 Å². The quantitative estimate of drug-likeness (QED) is 0.394. The summed E-state index contributed by atoms with van der Waals surface area (Å²) >= 11 is 0. The van der Waals surface area contributed by atoms with Gasteiger partial charge in [0.25, 0.3) is 5.91 Å². The van der Waals surface area contributed by atoms with Gasteiger partial charge in [-0.05, 0) is 56.3 Å². The highest BCUT2D eigenvalue weighted by atomic mass is 16.4. The Kier molecular flexibility index (Phi) is 4.91. The molecular weight excluding hydrogens is 404 g/mol. The van der Waals surface area contributed by atoms with Crippen LogP contribution in [0, 0.1) is 13.8 Å². The minimum atomic E-state index is -0.295. The summed E-state index contributed by atoms with van der Waals surface area (Å²) in [7, 11) is 0. The summed E-state index contributed by atoms with van der Waals surface area (Å²) < 4.78 is 12.8. The number of nitrogens with zero attached hydrogens (tertiary/aromatic N) is 3. The molecule has 0 saturated heterocycles. The highest BCUT2D eigenvalue weighted by molar-refractivity contribution is 6.04. The fraction of sp³-hybridized carbons (Fsp3) is 0.0800. The second kappa shape index (κ2) is 8.03. The largest absolute Gasteiger partial charge is 0.463 e. The van der Waals surface area contributed by atoms with Crippen molar-refractivity contribution >= 4 is 11.6 Å². The third-order valence-electron chi connectivity index (χ3n) is 5.11. The Hall–Kier alpha value is -4.39. The highest BCUT2D eigenvalue weighted by Crippen LogP contribution is 2.26. The van der Waals surface area contributed by atoms with Gasteiger partial charge in [-0.1, -0.05) is 24.3 Å². The van der Waals surface area contributed by atoms with Crippen LogP contribution < -0.4 is 5.32 Å². The number of aryl methyl sites for hydroxylation is 2. The Bertz CT molecular complexity index is 1360. The molecule has 0 fully saturated rings. The molecule has 0 radical (unpaired) electrons. The summed E-state index contributed by atoms with van der Waals surface area (Å²) in [4.78, 5) is 17.7. The van der Waals surface area contributed by atoms with Gasteiger partial charge in [-0.25, -0.2) is 9.67 Å². The molecule has 0 aliphatic rings. The zero-order chi connectivity index (χ0) is 22.1. The number of hydrogen-bond donors (Lipinski definition) is 1. The van der Waals surface area contributed by atoms with Crippen molar-refractivity contribution in [2.75, 3.05) is 5.32 Å². The van der Waals surface area contributed by atoms with Gasteiger partial charge in [-0.3, -0.25) is 4.79 Å². The van der Waals surface area contributed by atoms with Crippen molar-refractivity contribution in [1.82, 2.24) is 14.8 Å². The van der Waals surface area contributed by atoms with Crippen LogP contribution in [0.15, 0.2) is 87.9 Å². The Morgan fingerprint density at radius 2 is 1.81 bits per heavy atom. The first-order valence-corrected chi connectivity index (χ1v) is 10.1. The van der Waals surface area contributed by atoms with E-state index in [1.54, 1.807) is 23.1 Å². The van der Waals surface area contributed by atoms with E-state index in [-0.39, 0.29) is 5.91 Å². The molecule has 2 aromatic carbocycles. The predicted octanol–water partition coefficient (Wildman–Crippen LogP) is 5.66. The minimum absolute atomic E-state index is 0.295. The first kappa shape index (κ1) is 19.6. The molecule has 0 aliphatic heterocycles. The average Bonchev–Trinajstić information content (AvgIpc) is 3.55. The SMILES string of the molecule is Cc1nc(-c2cccc(NC(=O)c3cc(-c4ccco4)nn3-c3ccccc3)c2)oc1C. The summed E-state index contributed by atoms with van der Waals surface area (Å²) in [5, 5.41) is 7.56. The number of furan rings is 1. The topological polar surface area (TPSA) is 86.1 Å². The monoisotopic (exact) mass is 424 g/mol. The van der Waals surface area contributed by atoms with Crippen molar-refractivity contribution in [3.05, 3.63) is 96.2 Å². The summed E-state index contributed by atoms with van der Waals surface area (Å²) in [5.41, 5.74) is 3.98. The molecule has 0 unspecified atom stereocenters. The normalized spacial score (nSPS) is 10.9. The van der Waals surface area contributed by atoms with Crippen molar-refractivity contribution in [2.45, 2.75) is 13.8 Å². The van der Waals surface area contributed by atoms with Gasteiger partial charge in [-0.2, -0.15) is 5.10 Å². The second-order valence-electron chi connectivity index (χ2n) is 7.34. The molecular formula is C25H20N4O3. The van der Waals surface area contributed by atoms with Gasteiger partial charge in [0.2, 0.25) is 5.89 Å². The van der Waals surface area contributed by atoms with E-state index in [4.69, 9.17) is 8.83 Å². The number of carbonyl (C=O) groups excluding carboxylic acids is 1. The zero-order valence-electron chi connectivity index (χ0n) is 17.6. The molecule has 0 spiro atoms. The van der Waals surface area contributed by atoms with Crippen LogP contribution in [-0.2, 0) is 0 Å². The van der Waals surface area contributed by atoms with Crippen LogP contribution in [-0.4, -0.2) is 20.7 Å². The van der Waals surface area contributed by atoms with E-state index in [1.807, 2.05) is 74.5 Å². The molecule has 0 atom stereocenters. The Morgan fingerprint density at radius 1 is 0.969 bits per heavy atom. The van der Waals surface area contributed by atoms with E-state index >= 15 is 0 Å². The number of rotatable bonds is 5. The zero-order valence-corrected chi connectivity index (χ0v) is 17.6. The smallest absolute Gasteiger partial charge is 0.274 e. The van der Waals surface area contributed by atoms with Crippen LogP contribution in [0.3, 0.4) is 0 Å². The Morgan fingerprint density at radius 3 is 2.53 bits per heavy atom. The van der Waals surface area contributed by atoms with Crippen LogP contribution in [0.4, 0.5) is 5.69 Å². The molecule has 1 amide bonds. The molecule has 0 aliphatic carbocycles. The standard InChI is InChI=1S/C25H20N4O3/c1-16-17(2)32-25(26-16)18-8-6-9-19(14-18)27-24(30)22-15-21(23-12-7-13-31-23)28-29(22)20-10-4-3-5-11-20/h3-15H,1-2H3,(H,27,30). The van der Waals surface area contributed by atoms with Gasteiger partial charge in [0.15, 0.2) is 5.76 Å². The summed E-state index contributed by atoms with van der Waals surface area (Å²) in [5.74, 6) is 1.58. The van der Waals surface area contributed by atoms with E-state index in [0.29, 0.717) is 28.7 Å². The van der Waals surface area contributed by atoms with E-state index in [1.165, 1.54) is 0 Å². The maximum atomic E-state index is 13.3. The van der Waals surface area contributed by atoms with Crippen molar-refractivity contribution in [1.29, 1.82) is 0 Å². The number of amides is 1. The maximum Gasteiger partial charge on any atom is 0.274 e. The van der Waals surface area contributed by atoms with Crippen LogP contribution in [0.1, 0.15) is 21.9 Å². The lowest BCUT2D eigenvalue weighted by atomic mass is 10.2. The first-order chi connectivity index (χ1) is 15.6. The molecule has 158 valence electrons. The summed E-state index contributed by atoms with van der Waals surface area (Å²) in [6.45, 7) is 3.77. The van der Waals surface area contributed by atoms with Crippen LogP contribution in [0.5, 0.6) is 0 Å². The van der Waals surface area contributed by atoms with Crippen LogP contribution in [0.2, 0.25) is 0 Å². The minimum Gasteiger partial charge on any atom is -0.463 e. The fourth-order valence-corrected chi connectivity index (χ4v) is 3.37. The number of oxazole rings is 1. The molecule has 7 heteroatoms. The van der Waals surface area contributed by atoms with Crippen molar-refractivity contribution < 1.29 is 13.6 Å². The lowest BCUT2D eigenvalue weighted by molar-refractivity contribution is 0.101. The van der Waals surface area contributed by atoms with Gasteiger partial charge in [0.1, 0.15) is 17.1 Å². The molecule has 0 bridgehead atoms. The van der Waals surface area contributed by atoms with Crippen molar-refractivity contribution in [3.63, 3.8) is 0 Å². The molecule has 3 aromatic heterocycles. The first-order valence-electron chi connectivity index (χ1n) is 10.1. The van der Waals surface area contributed by atoms with Crippen LogP contribution >= 0.6 is 0 Å². The summed E-state index contributed by atoms with van der Waals surface area (Å²) in [6.07, 6.45) is 1.58. The predicted molar refractivity (Wildman–Crippen MR) is 121 cm³/mol. The second-order valence-corrected chi connectivity index (χ2v) is 7.34. The maximum absolute atomic E-state index is 13.3. The third-order valence-corrected chi connectivity index (χ3v) is 5.11. The lowest BCUT2D eigenvalue weighted by Crippen LogP contribution is -2.17. The average molecular weight is 424 g/mol. The van der Waals surface area contributed by atoms with Gasteiger partial charge in [-0.15, -0.1) is 0 Å². The summed E-state index contributed by atoms with van der Waals surface area (Å²) in [6, 6.07) is 22.2. The van der Waals surface area contributed by atoms with E-state index in [2.05, 4.69) is 15.4 Å². The molecule has 3 heterocycles. The van der Waals surface area contributed by atoms with E-state index in [0.717, 1.165) is 22.7 Å². The Balaban J connectivity index is 1.49. The highest BCUT2D eigenvalue weighted by Gasteiger charge is 2.19. The van der Waals surface area contributed by atoms with E-state index < -0.39 is 0 Å². The number of hydrogen-bond acceptors (Lipinski definition) is 5. The molecule has 7 nitrogen and oxygen atoms in total. The molecule has 1 N–H and O–H groups in total. The van der Waals surface area contributed by atoms with Gasteiger partial charge in [0, 0.05) is 17.3 Å². The Labute approximate surface area is 184 Å². The number of anilines is 1.